The molecule has 0 aliphatic carbocycles. The number of phenolic OH excluding ortho intramolecular Hbond substituents is 1. The van der Waals surface area contributed by atoms with Gasteiger partial charge in [-0.3, -0.25) is 20.2 Å². The minimum absolute atomic E-state index is 0.598. The summed E-state index contributed by atoms with van der Waals surface area (Å²) in [4.78, 5) is 18.7. The normalized spacial score (nSPS) is 10.6. The molecule has 0 aromatic heterocycles. The van der Waals surface area contributed by atoms with Crippen LogP contribution in [0.4, 0.5) is 11.4 Å². The van der Waals surface area contributed by atoms with Gasteiger partial charge in [0.15, 0.2) is 5.75 Å². The smallest absolute Gasteiger partial charge is 0.317 e. The predicted molar refractivity (Wildman–Crippen MR) is 41.4 cm³/mol. The summed E-state index contributed by atoms with van der Waals surface area (Å²) >= 11 is 0. The van der Waals surface area contributed by atoms with Crippen molar-refractivity contribution in [3.8, 4) is 5.75 Å². The quantitative estimate of drug-likeness (QED) is 0.551. The average molecular weight is 186 g/mol. The number of phenols is 1. The van der Waals surface area contributed by atoms with Gasteiger partial charge in [-0.2, -0.15) is 0 Å². The van der Waals surface area contributed by atoms with Gasteiger partial charge >= 0.3 is 5.69 Å². The van der Waals surface area contributed by atoms with Gasteiger partial charge < -0.3 is 5.11 Å². The van der Waals surface area contributed by atoms with Gasteiger partial charge in [-0.25, -0.2) is 0 Å². The molecule has 0 unspecified atom stereocenters. The highest BCUT2D eigenvalue weighted by Crippen LogP contribution is 2.29. The van der Waals surface area contributed by atoms with E-state index in [1.165, 1.54) is 0 Å². The van der Waals surface area contributed by atoms with E-state index in [4.69, 9.17) is 6.48 Å². The molecule has 0 fully saturated rings. The molecule has 1 N–H and O–H groups in total. The standard InChI is InChI=1S/C6H4N2O5/c9-6-2-1-4(7(10)11)3-5(6)8(12)13/h1-3,9H/i2T. The molecule has 7 nitrogen and oxygen atoms in total. The Morgan fingerprint density at radius 1 is 1.38 bits per heavy atom. The van der Waals surface area contributed by atoms with E-state index in [9.17, 15) is 20.2 Å². The van der Waals surface area contributed by atoms with E-state index in [2.05, 4.69) is 0 Å². The number of rotatable bonds is 2. The van der Waals surface area contributed by atoms with Gasteiger partial charge in [0.05, 0.1) is 17.3 Å². The first-order chi connectivity index (χ1) is 6.43. The third kappa shape index (κ3) is 1.70. The van der Waals surface area contributed by atoms with Crippen molar-refractivity contribution >= 4 is 11.4 Å². The molecular weight excluding hydrogens is 180 g/mol. The SMILES string of the molecule is [3H]c1cc([N+](=O)[O-])cc([N+](=O)[O-])c1O. The second-order valence-corrected chi connectivity index (χ2v) is 2.11. The number of hydrogen-bond acceptors (Lipinski definition) is 5. The van der Waals surface area contributed by atoms with E-state index in [-0.39, 0.29) is 0 Å². The topological polar surface area (TPSA) is 107 Å². The van der Waals surface area contributed by atoms with Crippen molar-refractivity contribution in [2.45, 2.75) is 0 Å². The molecule has 0 atom stereocenters. The largest absolute Gasteiger partial charge is 0.502 e. The highest BCUT2D eigenvalue weighted by molar-refractivity contribution is 5.52. The number of non-ortho nitro benzene ring substituents is 1. The second-order valence-electron chi connectivity index (χ2n) is 2.11. The number of benzene rings is 1. The van der Waals surface area contributed by atoms with E-state index in [0.717, 1.165) is 6.07 Å². The van der Waals surface area contributed by atoms with Gasteiger partial charge in [-0.15, -0.1) is 0 Å². The molecule has 1 aromatic carbocycles. The molecule has 0 aliphatic heterocycles. The Balaban J connectivity index is 3.43. The molecule has 68 valence electrons. The van der Waals surface area contributed by atoms with Crippen LogP contribution in [0.15, 0.2) is 18.2 Å². The molecule has 7 heteroatoms. The summed E-state index contributed by atoms with van der Waals surface area (Å²) in [5.74, 6) is -0.874. The van der Waals surface area contributed by atoms with E-state index < -0.39 is 33.0 Å². The fourth-order valence-corrected chi connectivity index (χ4v) is 0.711. The third-order valence-electron chi connectivity index (χ3n) is 1.29. The molecule has 0 heterocycles. The zero-order valence-corrected chi connectivity index (χ0v) is 6.13. The zero-order valence-electron chi connectivity index (χ0n) is 7.13. The summed E-state index contributed by atoms with van der Waals surface area (Å²) in [6.07, 6.45) is 0. The van der Waals surface area contributed by atoms with Crippen LogP contribution in [0.5, 0.6) is 5.75 Å². The van der Waals surface area contributed by atoms with Crippen LogP contribution in [-0.4, -0.2) is 15.0 Å². The van der Waals surface area contributed by atoms with Crippen molar-refractivity contribution < 1.29 is 16.3 Å². The van der Waals surface area contributed by atoms with Crippen LogP contribution in [0.1, 0.15) is 1.37 Å². The van der Waals surface area contributed by atoms with Gasteiger partial charge in [-0.05, 0) is 6.04 Å². The molecule has 0 saturated carbocycles. The van der Waals surface area contributed by atoms with Crippen molar-refractivity contribution in [1.29, 1.82) is 0 Å². The number of nitro groups is 2. The second kappa shape index (κ2) is 3.05. The van der Waals surface area contributed by atoms with Gasteiger partial charge in [0.25, 0.3) is 5.69 Å². The third-order valence-corrected chi connectivity index (χ3v) is 1.29. The number of nitro benzene ring substituents is 2. The van der Waals surface area contributed by atoms with E-state index in [1.807, 2.05) is 0 Å². The summed E-state index contributed by atoms with van der Waals surface area (Å²) in [5, 5.41) is 29.6. The summed E-state index contributed by atoms with van der Waals surface area (Å²) in [6.45, 7) is 0. The lowest BCUT2D eigenvalue weighted by molar-refractivity contribution is -0.394. The van der Waals surface area contributed by atoms with Crippen LogP contribution >= 0.6 is 0 Å². The molecule has 1 aromatic rings. The summed E-state index contributed by atoms with van der Waals surface area (Å²) in [6, 6.07) is 0.696. The van der Waals surface area contributed by atoms with Crippen LogP contribution in [-0.2, 0) is 0 Å². The Bertz CT molecular complexity index is 419. The lowest BCUT2D eigenvalue weighted by Gasteiger charge is -1.94. The van der Waals surface area contributed by atoms with Crippen molar-refractivity contribution in [1.82, 2.24) is 0 Å². The van der Waals surface area contributed by atoms with Crippen LogP contribution in [0.3, 0.4) is 0 Å². The molecule has 1 rings (SSSR count). The van der Waals surface area contributed by atoms with Crippen LogP contribution < -0.4 is 0 Å². The Labute approximate surface area is 72.9 Å². The lowest BCUT2D eigenvalue weighted by Crippen LogP contribution is -1.92. The van der Waals surface area contributed by atoms with Crippen LogP contribution in [0.25, 0.3) is 0 Å². The Morgan fingerprint density at radius 3 is 2.46 bits per heavy atom. The number of aromatic hydroxyl groups is 1. The van der Waals surface area contributed by atoms with Gasteiger partial charge in [-0.1, -0.05) is 0 Å². The molecule has 0 radical (unpaired) electrons. The van der Waals surface area contributed by atoms with Crippen molar-refractivity contribution in [3.05, 3.63) is 38.4 Å². The van der Waals surface area contributed by atoms with E-state index >= 15 is 0 Å². The first kappa shape index (κ1) is 7.47. The zero-order chi connectivity index (χ0) is 10.9. The van der Waals surface area contributed by atoms with Crippen molar-refractivity contribution in [3.63, 3.8) is 0 Å². The van der Waals surface area contributed by atoms with Crippen LogP contribution in [0.2, 0.25) is 0 Å². The Kier molecular flexibility index (Phi) is 1.75. The maximum Gasteiger partial charge on any atom is 0.317 e. The van der Waals surface area contributed by atoms with Crippen molar-refractivity contribution in [2.24, 2.45) is 0 Å². The van der Waals surface area contributed by atoms with Gasteiger partial charge in [0, 0.05) is 6.07 Å². The lowest BCUT2D eigenvalue weighted by atomic mass is 10.2. The maximum atomic E-state index is 10.3. The molecular formula is C6H4N2O5. The molecule has 0 bridgehead atoms. The fraction of sp³-hybridized carbons (Fsp3) is 0. The van der Waals surface area contributed by atoms with E-state index in [1.54, 1.807) is 0 Å². The van der Waals surface area contributed by atoms with Crippen molar-refractivity contribution in [2.75, 3.05) is 0 Å². The minimum Gasteiger partial charge on any atom is -0.502 e. The molecule has 13 heavy (non-hydrogen) atoms. The molecule has 0 saturated heterocycles. The fourth-order valence-electron chi connectivity index (χ4n) is 0.711. The highest BCUT2D eigenvalue weighted by atomic mass is 16.6. The Hall–Kier alpha value is -2.18. The first-order valence-corrected chi connectivity index (χ1v) is 3.06. The van der Waals surface area contributed by atoms with Gasteiger partial charge in [0.2, 0.25) is 0 Å². The number of nitrogens with zero attached hydrogens (tertiary/aromatic N) is 2. The minimum atomic E-state index is -0.986. The number of hydrogen-bond donors (Lipinski definition) is 1. The monoisotopic (exact) mass is 186 g/mol. The van der Waals surface area contributed by atoms with Gasteiger partial charge in [0.1, 0.15) is 0 Å². The summed E-state index contributed by atoms with van der Waals surface area (Å²) in [5.41, 5.74) is -1.44. The first-order valence-electron chi connectivity index (χ1n) is 3.56. The molecule has 0 amide bonds. The Morgan fingerprint density at radius 2 is 2.00 bits per heavy atom. The molecule has 0 spiro atoms. The maximum absolute atomic E-state index is 10.3. The predicted octanol–water partition coefficient (Wildman–Crippen LogP) is 1.21. The highest BCUT2D eigenvalue weighted by Gasteiger charge is 2.18. The summed E-state index contributed by atoms with van der Waals surface area (Å²) < 4.78 is 7.03. The molecule has 0 aliphatic rings. The van der Waals surface area contributed by atoms with E-state index in [0.29, 0.717) is 6.07 Å². The summed E-state index contributed by atoms with van der Waals surface area (Å²) in [7, 11) is 0. The average Bonchev–Trinajstić information content (AvgIpc) is 2.08. The van der Waals surface area contributed by atoms with Crippen LogP contribution in [0, 0.1) is 20.2 Å².